The molecule has 0 aliphatic rings. The van der Waals surface area contributed by atoms with Crippen LogP contribution in [-0.4, -0.2) is 5.91 Å². The predicted molar refractivity (Wildman–Crippen MR) is 70.7 cm³/mol. The Balaban J connectivity index is 2.11. The third-order valence-corrected chi connectivity index (χ3v) is 3.44. The molecule has 1 N–H and O–H groups in total. The maximum absolute atomic E-state index is 11.8. The van der Waals surface area contributed by atoms with Gasteiger partial charge in [-0.25, -0.2) is 0 Å². The first kappa shape index (κ1) is 11.7. The molecular weight excluding hydrogens is 252 g/mol. The van der Waals surface area contributed by atoms with Gasteiger partial charge in [0.1, 0.15) is 0 Å². The number of thiophene rings is 1. The molecule has 2 aromatic rings. The summed E-state index contributed by atoms with van der Waals surface area (Å²) in [5.41, 5.74) is 1.24. The zero-order chi connectivity index (χ0) is 12.3. The summed E-state index contributed by atoms with van der Waals surface area (Å²) < 4.78 is 0. The molecule has 0 spiro atoms. The first-order valence-electron chi connectivity index (χ1n) is 4.78. The van der Waals surface area contributed by atoms with Gasteiger partial charge in [-0.2, -0.15) is 5.26 Å². The van der Waals surface area contributed by atoms with Gasteiger partial charge in [0.05, 0.1) is 16.5 Å². The lowest BCUT2D eigenvalue weighted by Crippen LogP contribution is -2.09. The molecule has 5 heteroatoms. The second-order valence-corrected chi connectivity index (χ2v) is 4.74. The highest BCUT2D eigenvalue weighted by Crippen LogP contribution is 2.19. The minimum atomic E-state index is -0.167. The topological polar surface area (TPSA) is 52.9 Å². The summed E-state index contributed by atoms with van der Waals surface area (Å²) in [6, 6.07) is 10.5. The largest absolute Gasteiger partial charge is 0.321 e. The lowest BCUT2D eigenvalue weighted by Gasteiger charge is -2.02. The molecule has 0 atom stereocenters. The molecule has 84 valence electrons. The zero-order valence-corrected chi connectivity index (χ0v) is 10.4. The van der Waals surface area contributed by atoms with E-state index in [1.807, 2.05) is 6.07 Å². The van der Waals surface area contributed by atoms with Crippen LogP contribution < -0.4 is 5.32 Å². The molecule has 1 aromatic heterocycles. The van der Waals surface area contributed by atoms with E-state index in [1.165, 1.54) is 11.3 Å². The Morgan fingerprint density at radius 1 is 1.35 bits per heavy atom. The second kappa shape index (κ2) is 5.04. The fourth-order valence-corrected chi connectivity index (χ4v) is 2.31. The molecule has 0 bridgehead atoms. The number of hydrogen-bond acceptors (Lipinski definition) is 4. The van der Waals surface area contributed by atoms with Crippen molar-refractivity contribution in [3.05, 3.63) is 46.2 Å². The van der Waals surface area contributed by atoms with E-state index in [4.69, 9.17) is 5.26 Å². The smallest absolute Gasteiger partial charge is 0.265 e. The molecule has 0 radical (unpaired) electrons. The van der Waals surface area contributed by atoms with Crippen LogP contribution in [0.3, 0.4) is 0 Å². The average molecular weight is 260 g/mol. The van der Waals surface area contributed by atoms with E-state index in [2.05, 4.69) is 17.9 Å². The van der Waals surface area contributed by atoms with Crippen molar-refractivity contribution in [1.29, 1.82) is 5.26 Å². The molecule has 0 aliphatic carbocycles. The fraction of sp³-hybridized carbons (Fsp3) is 0. The molecule has 1 aromatic carbocycles. The third kappa shape index (κ3) is 2.87. The summed E-state index contributed by atoms with van der Waals surface area (Å²) in [5, 5.41) is 13.2. The van der Waals surface area contributed by atoms with E-state index < -0.39 is 0 Å². The van der Waals surface area contributed by atoms with Crippen LogP contribution >= 0.6 is 24.0 Å². The SMILES string of the molecule is N#Cc1ccc(NC(=O)c2cc(S)cs2)cc1. The number of hydrogen-bond donors (Lipinski definition) is 2. The summed E-state index contributed by atoms with van der Waals surface area (Å²) in [6.45, 7) is 0. The van der Waals surface area contributed by atoms with E-state index in [9.17, 15) is 4.79 Å². The Labute approximate surface area is 108 Å². The molecule has 1 heterocycles. The number of thiol groups is 1. The van der Waals surface area contributed by atoms with Crippen LogP contribution in [-0.2, 0) is 0 Å². The van der Waals surface area contributed by atoms with Crippen LogP contribution in [0.15, 0.2) is 40.6 Å². The Kier molecular flexibility index (Phi) is 3.47. The van der Waals surface area contributed by atoms with Crippen molar-refractivity contribution in [3.8, 4) is 6.07 Å². The number of carbonyl (C=O) groups is 1. The number of nitrogens with zero attached hydrogens (tertiary/aromatic N) is 1. The monoisotopic (exact) mass is 260 g/mol. The average Bonchev–Trinajstić information content (AvgIpc) is 2.77. The number of carbonyl (C=O) groups excluding carboxylic acids is 1. The number of anilines is 1. The predicted octanol–water partition coefficient (Wildman–Crippen LogP) is 3.16. The highest BCUT2D eigenvalue weighted by molar-refractivity contribution is 7.80. The molecule has 17 heavy (non-hydrogen) atoms. The molecule has 0 fully saturated rings. The van der Waals surface area contributed by atoms with E-state index >= 15 is 0 Å². The summed E-state index contributed by atoms with van der Waals surface area (Å²) in [5.74, 6) is -0.167. The normalized spacial score (nSPS) is 9.65. The number of nitrogens with one attached hydrogen (secondary N) is 1. The summed E-state index contributed by atoms with van der Waals surface area (Å²) in [4.78, 5) is 13.2. The highest BCUT2D eigenvalue weighted by Gasteiger charge is 2.08. The quantitative estimate of drug-likeness (QED) is 0.815. The molecular formula is C12H8N2OS2. The van der Waals surface area contributed by atoms with Crippen molar-refractivity contribution in [2.75, 3.05) is 5.32 Å². The van der Waals surface area contributed by atoms with Gasteiger partial charge < -0.3 is 5.32 Å². The van der Waals surface area contributed by atoms with Gasteiger partial charge in [-0.05, 0) is 30.3 Å². The minimum absolute atomic E-state index is 0.167. The van der Waals surface area contributed by atoms with Crippen LogP contribution in [0.4, 0.5) is 5.69 Å². The summed E-state index contributed by atoms with van der Waals surface area (Å²) in [7, 11) is 0. The standard InChI is InChI=1S/C12H8N2OS2/c13-6-8-1-3-9(4-2-8)14-12(15)11-5-10(16)7-17-11/h1-5,7,16H,(H,14,15). The maximum Gasteiger partial charge on any atom is 0.265 e. The van der Waals surface area contributed by atoms with Gasteiger partial charge in [0.15, 0.2) is 0 Å². The molecule has 0 saturated carbocycles. The Hall–Kier alpha value is -1.77. The number of nitriles is 1. The first-order chi connectivity index (χ1) is 8.19. The van der Waals surface area contributed by atoms with Crippen LogP contribution in [0, 0.1) is 11.3 Å². The van der Waals surface area contributed by atoms with Crippen LogP contribution in [0.2, 0.25) is 0 Å². The van der Waals surface area contributed by atoms with Crippen LogP contribution in [0.1, 0.15) is 15.2 Å². The molecule has 2 rings (SSSR count). The molecule has 1 amide bonds. The van der Waals surface area contributed by atoms with Crippen molar-refractivity contribution < 1.29 is 4.79 Å². The van der Waals surface area contributed by atoms with Crippen molar-refractivity contribution in [2.24, 2.45) is 0 Å². The van der Waals surface area contributed by atoms with Gasteiger partial charge in [-0.15, -0.1) is 24.0 Å². The zero-order valence-electron chi connectivity index (χ0n) is 8.68. The lowest BCUT2D eigenvalue weighted by atomic mass is 10.2. The Morgan fingerprint density at radius 3 is 2.59 bits per heavy atom. The van der Waals surface area contributed by atoms with Crippen molar-refractivity contribution in [3.63, 3.8) is 0 Å². The second-order valence-electron chi connectivity index (χ2n) is 3.31. The van der Waals surface area contributed by atoms with Gasteiger partial charge in [0, 0.05) is 16.0 Å². The molecule has 0 aliphatic heterocycles. The molecule has 3 nitrogen and oxygen atoms in total. The fourth-order valence-electron chi connectivity index (χ4n) is 1.27. The minimum Gasteiger partial charge on any atom is -0.321 e. The van der Waals surface area contributed by atoms with E-state index in [1.54, 1.807) is 35.7 Å². The first-order valence-corrected chi connectivity index (χ1v) is 6.11. The van der Waals surface area contributed by atoms with Crippen molar-refractivity contribution in [2.45, 2.75) is 4.90 Å². The van der Waals surface area contributed by atoms with Crippen LogP contribution in [0.25, 0.3) is 0 Å². The Bertz CT molecular complexity index is 581. The van der Waals surface area contributed by atoms with Gasteiger partial charge in [0.2, 0.25) is 0 Å². The van der Waals surface area contributed by atoms with E-state index in [-0.39, 0.29) is 5.91 Å². The lowest BCUT2D eigenvalue weighted by molar-refractivity contribution is 0.103. The Morgan fingerprint density at radius 2 is 2.06 bits per heavy atom. The van der Waals surface area contributed by atoms with Gasteiger partial charge in [-0.3, -0.25) is 4.79 Å². The van der Waals surface area contributed by atoms with Gasteiger partial charge in [0.25, 0.3) is 5.91 Å². The summed E-state index contributed by atoms with van der Waals surface area (Å²) >= 11 is 5.49. The number of rotatable bonds is 2. The number of amides is 1. The van der Waals surface area contributed by atoms with Gasteiger partial charge >= 0.3 is 0 Å². The molecule has 0 saturated heterocycles. The van der Waals surface area contributed by atoms with Crippen molar-refractivity contribution in [1.82, 2.24) is 0 Å². The van der Waals surface area contributed by atoms with E-state index in [0.717, 1.165) is 4.90 Å². The van der Waals surface area contributed by atoms with Gasteiger partial charge in [-0.1, -0.05) is 0 Å². The molecule has 0 unspecified atom stereocenters. The summed E-state index contributed by atoms with van der Waals surface area (Å²) in [6.07, 6.45) is 0. The highest BCUT2D eigenvalue weighted by atomic mass is 32.1. The van der Waals surface area contributed by atoms with E-state index in [0.29, 0.717) is 16.1 Å². The number of benzene rings is 1. The third-order valence-electron chi connectivity index (χ3n) is 2.08. The van der Waals surface area contributed by atoms with Crippen molar-refractivity contribution >= 4 is 35.6 Å². The maximum atomic E-state index is 11.8. The van der Waals surface area contributed by atoms with Crippen LogP contribution in [0.5, 0.6) is 0 Å².